The summed E-state index contributed by atoms with van der Waals surface area (Å²) >= 11 is 1.80. The molecule has 1 atom stereocenters. The van der Waals surface area contributed by atoms with E-state index in [0.717, 1.165) is 17.4 Å². The van der Waals surface area contributed by atoms with Crippen molar-refractivity contribution in [3.8, 4) is 0 Å². The minimum atomic E-state index is 0.394. The van der Waals surface area contributed by atoms with Crippen LogP contribution in [0, 0.1) is 6.92 Å². The molecule has 1 aromatic heterocycles. The Balaban J connectivity index is 2.75. The van der Waals surface area contributed by atoms with E-state index in [-0.39, 0.29) is 0 Å². The fourth-order valence-electron chi connectivity index (χ4n) is 1.58. The van der Waals surface area contributed by atoms with Crippen LogP contribution in [-0.2, 0) is 0 Å². The Hall–Kier alpha value is -0.610. The lowest BCUT2D eigenvalue weighted by molar-refractivity contribution is 0.658. The highest BCUT2D eigenvalue weighted by Gasteiger charge is 2.14. The summed E-state index contributed by atoms with van der Waals surface area (Å²) in [7, 11) is 4.12. The molecule has 0 spiro atoms. The Kier molecular flexibility index (Phi) is 5.22. The highest BCUT2D eigenvalue weighted by Crippen LogP contribution is 2.29. The molecule has 0 radical (unpaired) electrons. The number of hydrogen-bond donors (Lipinski definition) is 1. The molecule has 0 aromatic carbocycles. The number of aromatic nitrogens is 1. The largest absolute Gasteiger partial charge is 0.351 e. The molecule has 92 valence electrons. The van der Waals surface area contributed by atoms with E-state index >= 15 is 0 Å². The average molecular weight is 241 g/mol. The van der Waals surface area contributed by atoms with Crippen LogP contribution in [0.15, 0.2) is 0 Å². The van der Waals surface area contributed by atoms with Crippen molar-refractivity contribution in [2.24, 2.45) is 0 Å². The van der Waals surface area contributed by atoms with Crippen LogP contribution in [0.4, 0.5) is 5.13 Å². The number of thiazole rings is 1. The van der Waals surface area contributed by atoms with Crippen molar-refractivity contribution in [2.45, 2.75) is 39.7 Å². The molecule has 3 nitrogen and oxygen atoms in total. The van der Waals surface area contributed by atoms with Crippen molar-refractivity contribution in [1.82, 2.24) is 10.3 Å². The van der Waals surface area contributed by atoms with Crippen LogP contribution in [0.25, 0.3) is 0 Å². The number of unbranched alkanes of at least 4 members (excludes halogenated alkanes) is 1. The maximum absolute atomic E-state index is 4.64. The van der Waals surface area contributed by atoms with E-state index in [1.807, 2.05) is 7.05 Å². The van der Waals surface area contributed by atoms with Gasteiger partial charge in [0.1, 0.15) is 0 Å². The van der Waals surface area contributed by atoms with Gasteiger partial charge in [0, 0.05) is 24.5 Å². The maximum Gasteiger partial charge on any atom is 0.185 e. The average Bonchev–Trinajstić information content (AvgIpc) is 2.67. The summed E-state index contributed by atoms with van der Waals surface area (Å²) < 4.78 is 0. The zero-order valence-electron chi connectivity index (χ0n) is 11.0. The monoisotopic (exact) mass is 241 g/mol. The van der Waals surface area contributed by atoms with Gasteiger partial charge in [0.05, 0.1) is 5.69 Å². The summed E-state index contributed by atoms with van der Waals surface area (Å²) in [6, 6.07) is 0.394. The van der Waals surface area contributed by atoms with E-state index in [0.29, 0.717) is 6.04 Å². The van der Waals surface area contributed by atoms with E-state index in [1.54, 1.807) is 11.3 Å². The molecule has 1 heterocycles. The van der Waals surface area contributed by atoms with Crippen LogP contribution >= 0.6 is 11.3 Å². The molecular formula is C12H23N3S. The summed E-state index contributed by atoms with van der Waals surface area (Å²) in [6.45, 7) is 7.58. The summed E-state index contributed by atoms with van der Waals surface area (Å²) in [4.78, 5) is 8.24. The lowest BCUT2D eigenvalue weighted by Crippen LogP contribution is -2.17. The van der Waals surface area contributed by atoms with Crippen LogP contribution in [0.1, 0.15) is 43.3 Å². The van der Waals surface area contributed by atoms with E-state index in [1.165, 1.54) is 17.7 Å². The molecule has 0 saturated heterocycles. The van der Waals surface area contributed by atoms with Gasteiger partial charge in [-0.25, -0.2) is 4.98 Å². The standard InChI is InChI=1S/C12H23N3S/c1-6-7-8-15(5)12-14-10(3)11(16-12)9(2)13-4/h9,13H,6-8H2,1-5H3. The van der Waals surface area contributed by atoms with Gasteiger partial charge < -0.3 is 10.2 Å². The minimum absolute atomic E-state index is 0.394. The quantitative estimate of drug-likeness (QED) is 0.830. The van der Waals surface area contributed by atoms with Gasteiger partial charge in [-0.2, -0.15) is 0 Å². The van der Waals surface area contributed by atoms with Gasteiger partial charge in [0.2, 0.25) is 0 Å². The Morgan fingerprint density at radius 3 is 2.75 bits per heavy atom. The topological polar surface area (TPSA) is 28.2 Å². The van der Waals surface area contributed by atoms with Crippen molar-refractivity contribution in [1.29, 1.82) is 0 Å². The molecule has 0 bridgehead atoms. The number of rotatable bonds is 6. The fourth-order valence-corrected chi connectivity index (χ4v) is 2.69. The fraction of sp³-hybridized carbons (Fsp3) is 0.750. The first-order chi connectivity index (χ1) is 7.60. The van der Waals surface area contributed by atoms with Crippen LogP contribution < -0.4 is 10.2 Å². The van der Waals surface area contributed by atoms with E-state index in [9.17, 15) is 0 Å². The van der Waals surface area contributed by atoms with Gasteiger partial charge in [0.25, 0.3) is 0 Å². The molecule has 0 fully saturated rings. The third kappa shape index (κ3) is 3.19. The lowest BCUT2D eigenvalue weighted by atomic mass is 10.2. The number of nitrogens with zero attached hydrogens (tertiary/aromatic N) is 2. The molecule has 1 rings (SSSR count). The molecule has 0 aliphatic rings. The summed E-state index contributed by atoms with van der Waals surface area (Å²) in [6.07, 6.45) is 2.46. The van der Waals surface area contributed by atoms with Gasteiger partial charge in [-0.05, 0) is 27.3 Å². The van der Waals surface area contributed by atoms with Crippen LogP contribution in [0.2, 0.25) is 0 Å². The minimum Gasteiger partial charge on any atom is -0.351 e. The second kappa shape index (κ2) is 6.21. The first kappa shape index (κ1) is 13.5. The lowest BCUT2D eigenvalue weighted by Gasteiger charge is -2.14. The smallest absolute Gasteiger partial charge is 0.185 e. The second-order valence-corrected chi connectivity index (χ2v) is 5.24. The molecule has 1 aromatic rings. The van der Waals surface area contributed by atoms with Crippen LogP contribution in [-0.4, -0.2) is 25.6 Å². The molecule has 0 saturated carbocycles. The highest BCUT2D eigenvalue weighted by atomic mass is 32.1. The SMILES string of the molecule is CCCCN(C)c1nc(C)c(C(C)NC)s1. The molecule has 0 aliphatic carbocycles. The Morgan fingerprint density at radius 1 is 1.50 bits per heavy atom. The van der Waals surface area contributed by atoms with Gasteiger partial charge in [-0.3, -0.25) is 0 Å². The van der Waals surface area contributed by atoms with E-state index < -0.39 is 0 Å². The summed E-state index contributed by atoms with van der Waals surface area (Å²) in [5.74, 6) is 0. The van der Waals surface area contributed by atoms with Crippen molar-refractivity contribution in [3.63, 3.8) is 0 Å². The molecule has 1 N–H and O–H groups in total. The molecule has 4 heteroatoms. The van der Waals surface area contributed by atoms with Gasteiger partial charge in [-0.1, -0.05) is 13.3 Å². The molecule has 1 unspecified atom stereocenters. The number of aryl methyl sites for hydroxylation is 1. The van der Waals surface area contributed by atoms with Crippen molar-refractivity contribution in [2.75, 3.05) is 25.5 Å². The first-order valence-corrected chi connectivity index (χ1v) is 6.77. The third-order valence-electron chi connectivity index (χ3n) is 2.82. The van der Waals surface area contributed by atoms with E-state index in [2.05, 4.69) is 43.0 Å². The van der Waals surface area contributed by atoms with Crippen LogP contribution in [0.3, 0.4) is 0 Å². The molecule has 16 heavy (non-hydrogen) atoms. The zero-order chi connectivity index (χ0) is 12.1. The Labute approximate surface area is 103 Å². The zero-order valence-corrected chi connectivity index (χ0v) is 11.8. The second-order valence-electron chi connectivity index (χ2n) is 4.23. The normalized spacial score (nSPS) is 12.8. The van der Waals surface area contributed by atoms with Gasteiger partial charge in [-0.15, -0.1) is 11.3 Å². The maximum atomic E-state index is 4.64. The van der Waals surface area contributed by atoms with Crippen molar-refractivity contribution >= 4 is 16.5 Å². The predicted molar refractivity (Wildman–Crippen MR) is 72.5 cm³/mol. The molecule has 0 aliphatic heterocycles. The van der Waals surface area contributed by atoms with Crippen molar-refractivity contribution < 1.29 is 0 Å². The van der Waals surface area contributed by atoms with E-state index in [4.69, 9.17) is 0 Å². The molecular weight excluding hydrogens is 218 g/mol. The summed E-state index contributed by atoms with van der Waals surface area (Å²) in [5.41, 5.74) is 1.16. The van der Waals surface area contributed by atoms with Crippen molar-refractivity contribution in [3.05, 3.63) is 10.6 Å². The number of nitrogens with one attached hydrogen (secondary N) is 1. The van der Waals surface area contributed by atoms with Gasteiger partial charge >= 0.3 is 0 Å². The number of anilines is 1. The third-order valence-corrected chi connectivity index (χ3v) is 4.28. The Bertz CT molecular complexity index is 322. The van der Waals surface area contributed by atoms with Gasteiger partial charge in [0.15, 0.2) is 5.13 Å². The first-order valence-electron chi connectivity index (χ1n) is 5.95. The summed E-state index contributed by atoms with van der Waals surface area (Å²) in [5, 5.41) is 4.41. The Morgan fingerprint density at radius 2 is 2.19 bits per heavy atom. The van der Waals surface area contributed by atoms with Crippen LogP contribution in [0.5, 0.6) is 0 Å². The predicted octanol–water partition coefficient (Wildman–Crippen LogP) is 2.97. The molecule has 0 amide bonds. The highest BCUT2D eigenvalue weighted by molar-refractivity contribution is 7.15. The number of hydrogen-bond acceptors (Lipinski definition) is 4.